The zero-order chi connectivity index (χ0) is 17.2. The minimum Gasteiger partial charge on any atom is -0.481 e. The Morgan fingerprint density at radius 1 is 1.13 bits per heavy atom. The largest absolute Gasteiger partial charge is 0.481 e. The average Bonchev–Trinajstić information content (AvgIpc) is 3.16. The molecule has 2 fully saturated rings. The molecule has 1 saturated carbocycles. The van der Waals surface area contributed by atoms with Crippen molar-refractivity contribution < 1.29 is 32.7 Å². The lowest BCUT2D eigenvalue weighted by molar-refractivity contribution is -0.187. The van der Waals surface area contributed by atoms with Crippen LogP contribution >= 0.6 is 0 Å². The fraction of sp³-hybridized carbons (Fsp3) is 0.769. The van der Waals surface area contributed by atoms with Crippen molar-refractivity contribution in [1.29, 1.82) is 0 Å². The van der Waals surface area contributed by atoms with Crippen LogP contribution in [0, 0.1) is 17.8 Å². The van der Waals surface area contributed by atoms with Gasteiger partial charge in [-0.25, -0.2) is 4.79 Å². The van der Waals surface area contributed by atoms with Gasteiger partial charge in [0.15, 0.2) is 0 Å². The number of carboxylic acid groups (broad SMARTS) is 1. The quantitative estimate of drug-likeness (QED) is 0.677. The lowest BCUT2D eigenvalue weighted by atomic mass is 9.96. The van der Waals surface area contributed by atoms with Crippen LogP contribution in [0.25, 0.3) is 0 Å². The van der Waals surface area contributed by atoms with Crippen LogP contribution in [0.5, 0.6) is 0 Å². The zero-order valence-electron chi connectivity index (χ0n) is 12.2. The summed E-state index contributed by atoms with van der Waals surface area (Å²) in [6, 6.07) is -0.871. The second kappa shape index (κ2) is 6.63. The molecule has 0 aromatic carbocycles. The van der Waals surface area contributed by atoms with E-state index in [1.54, 1.807) is 0 Å². The van der Waals surface area contributed by atoms with Crippen molar-refractivity contribution in [3.05, 3.63) is 0 Å². The number of nitrogens with one attached hydrogen (secondary N) is 2. The summed E-state index contributed by atoms with van der Waals surface area (Å²) in [4.78, 5) is 35.0. The van der Waals surface area contributed by atoms with Crippen molar-refractivity contribution in [2.45, 2.75) is 19.0 Å². The van der Waals surface area contributed by atoms with Gasteiger partial charge >= 0.3 is 18.2 Å². The fourth-order valence-electron chi connectivity index (χ4n) is 2.46. The van der Waals surface area contributed by atoms with E-state index in [9.17, 15) is 27.6 Å². The van der Waals surface area contributed by atoms with Crippen LogP contribution in [0.2, 0.25) is 0 Å². The minimum absolute atomic E-state index is 0.351. The van der Waals surface area contributed by atoms with Crippen molar-refractivity contribution in [3.63, 3.8) is 0 Å². The summed E-state index contributed by atoms with van der Waals surface area (Å²) in [6.45, 7) is -1.09. The number of alkyl halides is 3. The summed E-state index contributed by atoms with van der Waals surface area (Å²) >= 11 is 0. The van der Waals surface area contributed by atoms with E-state index in [4.69, 9.17) is 5.11 Å². The molecule has 0 aromatic heterocycles. The predicted octanol–water partition coefficient (Wildman–Crippen LogP) is 0.417. The highest BCUT2D eigenvalue weighted by Gasteiger charge is 2.53. The topological polar surface area (TPSA) is 98.7 Å². The monoisotopic (exact) mass is 337 g/mol. The molecule has 7 nitrogen and oxygen atoms in total. The number of carbonyl (C=O) groups is 3. The fourth-order valence-corrected chi connectivity index (χ4v) is 2.46. The molecule has 23 heavy (non-hydrogen) atoms. The van der Waals surface area contributed by atoms with Crippen molar-refractivity contribution in [1.82, 2.24) is 15.5 Å². The van der Waals surface area contributed by atoms with Gasteiger partial charge in [-0.1, -0.05) is 0 Å². The first-order valence-electron chi connectivity index (χ1n) is 7.27. The molecule has 2 atom stereocenters. The van der Waals surface area contributed by atoms with Gasteiger partial charge in [0.05, 0.1) is 18.4 Å². The Morgan fingerprint density at radius 3 is 2.26 bits per heavy atom. The van der Waals surface area contributed by atoms with Crippen LogP contribution in [0.1, 0.15) is 12.8 Å². The van der Waals surface area contributed by atoms with Gasteiger partial charge in [-0.15, -0.1) is 0 Å². The molecule has 2 rings (SSSR count). The Morgan fingerprint density at radius 2 is 1.78 bits per heavy atom. The Labute approximate surface area is 130 Å². The number of likely N-dealkylation sites (tertiary alicyclic amines) is 1. The van der Waals surface area contributed by atoms with E-state index >= 15 is 0 Å². The normalized spacial score (nSPS) is 24.4. The maximum Gasteiger partial charge on any atom is 0.394 e. The number of amides is 3. The lowest BCUT2D eigenvalue weighted by Gasteiger charge is -2.18. The van der Waals surface area contributed by atoms with Gasteiger partial charge in [0.25, 0.3) is 0 Å². The molecule has 0 spiro atoms. The van der Waals surface area contributed by atoms with Gasteiger partial charge in [0, 0.05) is 19.6 Å². The number of urea groups is 1. The van der Waals surface area contributed by atoms with E-state index in [2.05, 4.69) is 10.6 Å². The van der Waals surface area contributed by atoms with E-state index in [1.165, 1.54) is 0 Å². The number of carbonyl (C=O) groups excluding carboxylic acids is 2. The van der Waals surface area contributed by atoms with Crippen LogP contribution in [-0.2, 0) is 9.59 Å². The third-order valence-corrected chi connectivity index (χ3v) is 4.03. The molecule has 1 heterocycles. The highest BCUT2D eigenvalue weighted by molar-refractivity contribution is 5.84. The van der Waals surface area contributed by atoms with E-state index in [0.717, 1.165) is 17.7 Å². The van der Waals surface area contributed by atoms with Crippen LogP contribution < -0.4 is 10.6 Å². The van der Waals surface area contributed by atoms with Gasteiger partial charge in [-0.05, 0) is 18.8 Å². The molecule has 0 radical (unpaired) electrons. The van der Waals surface area contributed by atoms with Crippen LogP contribution in [0.3, 0.4) is 0 Å². The van der Waals surface area contributed by atoms with Gasteiger partial charge in [-0.3, -0.25) is 9.59 Å². The Hall–Kier alpha value is -2.00. The summed E-state index contributed by atoms with van der Waals surface area (Å²) in [7, 11) is 0. The van der Waals surface area contributed by atoms with Crippen molar-refractivity contribution >= 4 is 17.9 Å². The number of aliphatic carboxylic acids is 1. The number of hydrogen-bond acceptors (Lipinski definition) is 3. The highest BCUT2D eigenvalue weighted by Crippen LogP contribution is 2.37. The van der Waals surface area contributed by atoms with Crippen LogP contribution in [-0.4, -0.2) is 60.3 Å². The number of carboxylic acids is 1. The molecule has 0 unspecified atom stereocenters. The number of rotatable bonds is 5. The SMILES string of the molecule is O=C(CNC(=O)N1C[C@@H](C(F)(F)F)[C@H](C(=O)O)C1)NCC1CC1. The van der Waals surface area contributed by atoms with Gasteiger partial charge in [0.2, 0.25) is 5.91 Å². The summed E-state index contributed by atoms with van der Waals surface area (Å²) in [5, 5.41) is 13.7. The summed E-state index contributed by atoms with van der Waals surface area (Å²) < 4.78 is 38.5. The molecule has 0 aromatic rings. The predicted molar refractivity (Wildman–Crippen MR) is 71.4 cm³/mol. The Bertz CT molecular complexity index is 493. The second-order valence-corrected chi connectivity index (χ2v) is 5.90. The molecule has 130 valence electrons. The summed E-state index contributed by atoms with van der Waals surface area (Å²) in [5.41, 5.74) is 0. The third kappa shape index (κ3) is 4.73. The van der Waals surface area contributed by atoms with Crippen molar-refractivity contribution in [2.24, 2.45) is 17.8 Å². The lowest BCUT2D eigenvalue weighted by Crippen LogP contribution is -2.44. The maximum atomic E-state index is 12.8. The first-order valence-corrected chi connectivity index (χ1v) is 7.27. The molecule has 10 heteroatoms. The standard InChI is InChI=1S/C13H18F3N3O4/c14-13(15,16)9-6-19(5-8(9)11(21)22)12(23)18-4-10(20)17-3-7-1-2-7/h7-9H,1-6H2,(H,17,20)(H,18,23)(H,21,22)/t8-,9-/m1/s1. The first kappa shape index (κ1) is 17.4. The molecule has 0 bridgehead atoms. The summed E-state index contributed by atoms with van der Waals surface area (Å²) in [5.74, 6) is -5.34. The molecular weight excluding hydrogens is 319 g/mol. The number of halogens is 3. The second-order valence-electron chi connectivity index (χ2n) is 5.90. The van der Waals surface area contributed by atoms with Crippen LogP contribution in [0.4, 0.5) is 18.0 Å². The highest BCUT2D eigenvalue weighted by atomic mass is 19.4. The average molecular weight is 337 g/mol. The van der Waals surface area contributed by atoms with Crippen molar-refractivity contribution in [3.8, 4) is 0 Å². The van der Waals surface area contributed by atoms with Gasteiger partial charge in [-0.2, -0.15) is 13.2 Å². The molecule has 2 aliphatic rings. The van der Waals surface area contributed by atoms with Crippen molar-refractivity contribution in [2.75, 3.05) is 26.2 Å². The van der Waals surface area contributed by atoms with Crippen LogP contribution in [0.15, 0.2) is 0 Å². The van der Waals surface area contributed by atoms with E-state index in [1.807, 2.05) is 0 Å². The van der Waals surface area contributed by atoms with Gasteiger partial charge < -0.3 is 20.6 Å². The first-order chi connectivity index (χ1) is 10.7. The number of nitrogens with zero attached hydrogens (tertiary/aromatic N) is 1. The Balaban J connectivity index is 1.82. The van der Waals surface area contributed by atoms with Gasteiger partial charge in [0.1, 0.15) is 0 Å². The molecule has 1 aliphatic heterocycles. The molecular formula is C13H18F3N3O4. The molecule has 1 saturated heterocycles. The smallest absolute Gasteiger partial charge is 0.394 e. The molecule has 3 N–H and O–H groups in total. The molecule has 1 aliphatic carbocycles. The Kier molecular flexibility index (Phi) is 5.00. The maximum absolute atomic E-state index is 12.8. The summed E-state index contributed by atoms with van der Waals surface area (Å²) in [6.07, 6.45) is -2.59. The van der Waals surface area contributed by atoms with E-state index in [-0.39, 0.29) is 6.54 Å². The van der Waals surface area contributed by atoms with E-state index in [0.29, 0.717) is 12.5 Å². The molecule has 3 amide bonds. The minimum atomic E-state index is -4.69. The third-order valence-electron chi connectivity index (χ3n) is 4.03. The van der Waals surface area contributed by atoms with E-state index < -0.39 is 49.0 Å². The zero-order valence-corrected chi connectivity index (χ0v) is 12.2. The number of hydrogen-bond donors (Lipinski definition) is 3.